The molecule has 1 atom stereocenters. The molecule has 1 heterocycles. The minimum atomic E-state index is -4.04. The van der Waals surface area contributed by atoms with Gasteiger partial charge in [0.2, 0.25) is 5.52 Å². The Labute approximate surface area is 231 Å². The Kier molecular flexibility index (Phi) is 8.76. The summed E-state index contributed by atoms with van der Waals surface area (Å²) in [5, 5.41) is 12.1. The van der Waals surface area contributed by atoms with Crippen LogP contribution in [0, 0.1) is 0 Å². The van der Waals surface area contributed by atoms with Gasteiger partial charge in [-0.3, -0.25) is 9.35 Å². The number of allylic oxidation sites excluding steroid dienone is 2. The monoisotopic (exact) mass is 551 g/mol. The summed E-state index contributed by atoms with van der Waals surface area (Å²) in [6.07, 6.45) is 6.57. The normalized spacial score (nSPS) is 17.5. The third-order valence-electron chi connectivity index (χ3n) is 7.74. The van der Waals surface area contributed by atoms with Crippen LogP contribution in [0.3, 0.4) is 0 Å². The van der Waals surface area contributed by atoms with Crippen molar-refractivity contribution in [2.75, 3.05) is 23.7 Å². The number of ketones is 1. The quantitative estimate of drug-likeness (QED) is 0.211. The molecule has 0 fully saturated rings. The number of aryl methyl sites for hydroxylation is 1. The third-order valence-corrected chi connectivity index (χ3v) is 8.55. The highest BCUT2D eigenvalue weighted by molar-refractivity contribution is 7.85. The van der Waals surface area contributed by atoms with Crippen LogP contribution in [0.2, 0.25) is 0 Å². The molecule has 8 heteroatoms. The van der Waals surface area contributed by atoms with Gasteiger partial charge in [-0.25, -0.2) is 0 Å². The predicted octanol–water partition coefficient (Wildman–Crippen LogP) is 5.62. The van der Waals surface area contributed by atoms with Gasteiger partial charge >= 0.3 is 0 Å². The summed E-state index contributed by atoms with van der Waals surface area (Å²) >= 11 is 0. The summed E-state index contributed by atoms with van der Waals surface area (Å²) in [6, 6.07) is 17.3. The van der Waals surface area contributed by atoms with E-state index in [4.69, 9.17) is 4.55 Å². The Morgan fingerprint density at radius 2 is 1.56 bits per heavy atom. The zero-order valence-corrected chi connectivity index (χ0v) is 23.9. The number of fused-ring (bicyclic) bond motifs is 1. The Morgan fingerprint density at radius 1 is 0.923 bits per heavy atom. The summed E-state index contributed by atoms with van der Waals surface area (Å²) in [5.74, 6) is -0.397. The molecular formula is C31H39N2O5S+. The smallest absolute Gasteiger partial charge is 0.265 e. The number of rotatable bonds is 13. The molecule has 1 aliphatic rings. The molecule has 1 aromatic heterocycles. The van der Waals surface area contributed by atoms with Crippen molar-refractivity contribution in [3.8, 4) is 0 Å². The SMILES string of the molecule is CCCCN(CCCC)c1ccc(C2=C(O)C(C)(c3cc[n+](CCCS(=O)(=O)O)c4ccccc34)C2=O)cc1. The molecule has 0 saturated heterocycles. The number of anilines is 1. The Bertz CT molecular complexity index is 1470. The standard InChI is InChI=1S/C31H38N2O5S/c1-4-6-18-32(19-7-5-2)24-15-13-23(14-16-24)28-29(34)31(3,30(28)35)26-17-21-33(20-10-22-39(36,37)38)27-12-9-8-11-25(26)27/h8-9,11-17,21H,4-7,10,18-20,22H2,1-3H3,(H-,34,35,36,37,38)/p+1. The van der Waals surface area contributed by atoms with Crippen molar-refractivity contribution in [1.82, 2.24) is 0 Å². The first-order valence-electron chi connectivity index (χ1n) is 13.8. The zero-order chi connectivity index (χ0) is 28.2. The van der Waals surface area contributed by atoms with E-state index in [1.54, 1.807) is 13.1 Å². The molecule has 208 valence electrons. The Morgan fingerprint density at radius 3 is 2.15 bits per heavy atom. The van der Waals surface area contributed by atoms with Crippen LogP contribution in [0.25, 0.3) is 16.5 Å². The van der Waals surface area contributed by atoms with Crippen LogP contribution in [-0.4, -0.2) is 42.7 Å². The molecule has 2 aromatic carbocycles. The fourth-order valence-electron chi connectivity index (χ4n) is 5.41. The maximum Gasteiger partial charge on any atom is 0.265 e. The fraction of sp³-hybridized carbons (Fsp3) is 0.419. The lowest BCUT2D eigenvalue weighted by atomic mass is 9.62. The van der Waals surface area contributed by atoms with E-state index >= 15 is 0 Å². The second-order valence-electron chi connectivity index (χ2n) is 10.5. The lowest BCUT2D eigenvalue weighted by Gasteiger charge is -2.38. The van der Waals surface area contributed by atoms with Crippen molar-refractivity contribution < 1.29 is 27.4 Å². The number of aliphatic hydroxyl groups excluding tert-OH is 1. The summed E-state index contributed by atoms with van der Waals surface area (Å²) < 4.78 is 33.3. The van der Waals surface area contributed by atoms with Crippen LogP contribution in [0.4, 0.5) is 5.69 Å². The van der Waals surface area contributed by atoms with Gasteiger partial charge in [-0.1, -0.05) is 51.0 Å². The number of pyridine rings is 1. The van der Waals surface area contributed by atoms with Gasteiger partial charge in [0.25, 0.3) is 10.1 Å². The van der Waals surface area contributed by atoms with Crippen molar-refractivity contribution in [3.05, 3.63) is 77.7 Å². The molecule has 2 N–H and O–H groups in total. The maximum atomic E-state index is 13.7. The average Bonchev–Trinajstić information content (AvgIpc) is 2.93. The molecule has 0 spiro atoms. The van der Waals surface area contributed by atoms with Crippen LogP contribution < -0.4 is 9.47 Å². The molecule has 1 unspecified atom stereocenters. The van der Waals surface area contributed by atoms with Gasteiger partial charge in [-0.2, -0.15) is 13.0 Å². The maximum absolute atomic E-state index is 13.7. The van der Waals surface area contributed by atoms with Crippen LogP contribution in [0.5, 0.6) is 0 Å². The molecule has 1 aliphatic carbocycles. The third kappa shape index (κ3) is 5.87. The highest BCUT2D eigenvalue weighted by Crippen LogP contribution is 2.49. The summed E-state index contributed by atoms with van der Waals surface area (Å²) in [4.78, 5) is 16.1. The highest BCUT2D eigenvalue weighted by Gasteiger charge is 2.53. The van der Waals surface area contributed by atoms with Gasteiger partial charge in [0.15, 0.2) is 12.0 Å². The van der Waals surface area contributed by atoms with Crippen LogP contribution in [0.1, 0.15) is 64.0 Å². The van der Waals surface area contributed by atoms with E-state index in [0.29, 0.717) is 23.2 Å². The molecule has 4 rings (SSSR count). The number of aliphatic hydroxyl groups is 1. The van der Waals surface area contributed by atoms with Crippen molar-refractivity contribution >= 4 is 38.1 Å². The number of benzene rings is 2. The van der Waals surface area contributed by atoms with Crippen LogP contribution in [-0.2, 0) is 26.9 Å². The fourth-order valence-corrected chi connectivity index (χ4v) is 5.91. The Hall–Kier alpha value is -3.23. The molecule has 0 amide bonds. The number of Topliss-reactive ketones (excluding diaryl/α,β-unsaturated/α-hetero) is 1. The number of para-hydroxylation sites is 1. The van der Waals surface area contributed by atoms with Gasteiger partial charge in [0, 0.05) is 37.3 Å². The van der Waals surface area contributed by atoms with E-state index in [0.717, 1.165) is 55.4 Å². The molecule has 0 saturated carbocycles. The lowest BCUT2D eigenvalue weighted by molar-refractivity contribution is -0.671. The second-order valence-corrected chi connectivity index (χ2v) is 12.1. The van der Waals surface area contributed by atoms with E-state index in [-0.39, 0.29) is 23.7 Å². The van der Waals surface area contributed by atoms with Crippen LogP contribution in [0.15, 0.2) is 66.6 Å². The number of aromatic nitrogens is 1. The van der Waals surface area contributed by atoms with Gasteiger partial charge < -0.3 is 10.0 Å². The van der Waals surface area contributed by atoms with Gasteiger partial charge in [-0.15, -0.1) is 0 Å². The summed E-state index contributed by atoms with van der Waals surface area (Å²) in [6.45, 7) is 8.52. The molecule has 39 heavy (non-hydrogen) atoms. The number of carbonyl (C=O) groups excluding carboxylic acids is 1. The van der Waals surface area contributed by atoms with E-state index < -0.39 is 15.5 Å². The minimum absolute atomic E-state index is 0.0587. The van der Waals surface area contributed by atoms with Gasteiger partial charge in [0.1, 0.15) is 17.7 Å². The number of hydrogen-bond donors (Lipinski definition) is 2. The van der Waals surface area contributed by atoms with E-state index in [1.807, 2.05) is 59.2 Å². The molecule has 7 nitrogen and oxygen atoms in total. The summed E-state index contributed by atoms with van der Waals surface area (Å²) in [5.41, 5.74) is 2.55. The van der Waals surface area contributed by atoms with Gasteiger partial charge in [0.05, 0.1) is 16.7 Å². The van der Waals surface area contributed by atoms with E-state index in [2.05, 4.69) is 18.7 Å². The lowest BCUT2D eigenvalue weighted by Crippen LogP contribution is -2.46. The summed E-state index contributed by atoms with van der Waals surface area (Å²) in [7, 11) is -4.04. The first-order chi connectivity index (χ1) is 18.6. The van der Waals surface area contributed by atoms with Crippen molar-refractivity contribution in [3.63, 3.8) is 0 Å². The van der Waals surface area contributed by atoms with E-state index in [9.17, 15) is 18.3 Å². The van der Waals surface area contributed by atoms with Crippen LogP contribution >= 0.6 is 0 Å². The van der Waals surface area contributed by atoms with Crippen molar-refractivity contribution in [2.45, 2.75) is 64.8 Å². The van der Waals surface area contributed by atoms with Crippen molar-refractivity contribution in [1.29, 1.82) is 0 Å². The predicted molar refractivity (Wildman–Crippen MR) is 156 cm³/mol. The Balaban J connectivity index is 1.64. The largest absolute Gasteiger partial charge is 0.510 e. The molecule has 0 aliphatic heterocycles. The molecule has 0 bridgehead atoms. The molecular weight excluding hydrogens is 512 g/mol. The minimum Gasteiger partial charge on any atom is -0.510 e. The molecule has 0 radical (unpaired) electrons. The van der Waals surface area contributed by atoms with E-state index in [1.165, 1.54) is 0 Å². The number of nitrogens with zero attached hydrogens (tertiary/aromatic N) is 2. The highest BCUT2D eigenvalue weighted by atomic mass is 32.2. The topological polar surface area (TPSA) is 98.8 Å². The number of unbranched alkanes of at least 4 members (excludes halogenated alkanes) is 2. The molecule has 3 aromatic rings. The number of hydrogen-bond acceptors (Lipinski definition) is 5. The zero-order valence-electron chi connectivity index (χ0n) is 23.1. The number of carbonyl (C=O) groups is 1. The first-order valence-corrected chi connectivity index (χ1v) is 15.4. The van der Waals surface area contributed by atoms with Gasteiger partial charge in [-0.05, 0) is 49.1 Å². The second kappa shape index (κ2) is 11.9. The average molecular weight is 552 g/mol. The van der Waals surface area contributed by atoms with Crippen molar-refractivity contribution in [2.24, 2.45) is 0 Å². The first kappa shape index (κ1) is 28.8.